The molecule has 0 aliphatic heterocycles. The van der Waals surface area contributed by atoms with Crippen LogP contribution in [-0.4, -0.2) is 5.78 Å². The highest BCUT2D eigenvalue weighted by atomic mass is 16.1. The average Bonchev–Trinajstić information content (AvgIpc) is 2.12. The predicted octanol–water partition coefficient (Wildman–Crippen LogP) is 3.76. The van der Waals surface area contributed by atoms with Crippen LogP contribution in [0, 0.1) is 17.3 Å². The zero-order valence-corrected chi connectivity index (χ0v) is 10.3. The summed E-state index contributed by atoms with van der Waals surface area (Å²) >= 11 is 0. The summed E-state index contributed by atoms with van der Waals surface area (Å²) in [6.07, 6.45) is 5.78. The first-order chi connectivity index (χ1) is 6.90. The van der Waals surface area contributed by atoms with Gasteiger partial charge in [0.15, 0.2) is 5.78 Å². The molecule has 0 unspecified atom stereocenters. The minimum atomic E-state index is 0.0115. The zero-order chi connectivity index (χ0) is 11.6. The van der Waals surface area contributed by atoms with Crippen LogP contribution in [0.25, 0.3) is 0 Å². The van der Waals surface area contributed by atoms with Gasteiger partial charge in [-0.05, 0) is 37.2 Å². The number of hydrogen-bond acceptors (Lipinski definition) is 1. The van der Waals surface area contributed by atoms with Crippen LogP contribution in [0.5, 0.6) is 0 Å². The van der Waals surface area contributed by atoms with Crippen molar-refractivity contribution < 1.29 is 4.79 Å². The number of rotatable bonds is 2. The van der Waals surface area contributed by atoms with Crippen LogP contribution in [0.1, 0.15) is 40.5 Å². The molecule has 1 aliphatic rings. The van der Waals surface area contributed by atoms with Crippen LogP contribution < -0.4 is 0 Å². The number of allylic oxidation sites excluding steroid dienone is 3. The third-order valence-corrected chi connectivity index (χ3v) is 3.62. The molecule has 0 aromatic heterocycles. The third kappa shape index (κ3) is 2.39. The largest absolute Gasteiger partial charge is 0.294 e. The Balaban J connectivity index is 2.98. The molecule has 1 aliphatic carbocycles. The van der Waals surface area contributed by atoms with Gasteiger partial charge in [-0.25, -0.2) is 0 Å². The number of hydrogen-bond donors (Lipinski definition) is 0. The first-order valence-electron chi connectivity index (χ1n) is 5.75. The smallest absolute Gasteiger partial charge is 0.162 e. The van der Waals surface area contributed by atoms with Crippen molar-refractivity contribution in [2.45, 2.75) is 40.5 Å². The van der Waals surface area contributed by atoms with Gasteiger partial charge in [0.1, 0.15) is 0 Å². The molecule has 0 radical (unpaired) electrons. The Hall–Kier alpha value is -0.850. The first kappa shape index (κ1) is 12.2. The Bertz CT molecular complexity index is 296. The summed E-state index contributed by atoms with van der Waals surface area (Å²) in [5.74, 6) is 0.716. The van der Waals surface area contributed by atoms with Gasteiger partial charge < -0.3 is 0 Å². The number of ketones is 1. The molecule has 0 amide bonds. The SMILES string of the molecule is C=C1[C@H](C(=O)C=CC)C(C)(C)CC[C@H]1C. The third-order valence-electron chi connectivity index (χ3n) is 3.62. The monoisotopic (exact) mass is 206 g/mol. The van der Waals surface area contributed by atoms with Gasteiger partial charge in [-0.15, -0.1) is 0 Å². The second kappa shape index (κ2) is 4.34. The van der Waals surface area contributed by atoms with Gasteiger partial charge in [-0.1, -0.05) is 39.0 Å². The van der Waals surface area contributed by atoms with Crippen LogP contribution in [0.15, 0.2) is 24.3 Å². The predicted molar refractivity (Wildman–Crippen MR) is 64.6 cm³/mol. The molecule has 0 aromatic carbocycles. The summed E-state index contributed by atoms with van der Waals surface area (Å²) in [7, 11) is 0. The molecule has 84 valence electrons. The first-order valence-corrected chi connectivity index (χ1v) is 5.75. The Kier molecular flexibility index (Phi) is 3.54. The van der Waals surface area contributed by atoms with Gasteiger partial charge in [0.05, 0.1) is 0 Å². The maximum absolute atomic E-state index is 12.0. The van der Waals surface area contributed by atoms with E-state index in [4.69, 9.17) is 0 Å². The lowest BCUT2D eigenvalue weighted by atomic mass is 9.62. The molecule has 1 saturated carbocycles. The van der Waals surface area contributed by atoms with Crippen LogP contribution in [0.3, 0.4) is 0 Å². The van der Waals surface area contributed by atoms with E-state index < -0.39 is 0 Å². The van der Waals surface area contributed by atoms with E-state index in [9.17, 15) is 4.79 Å². The van der Waals surface area contributed by atoms with Gasteiger partial charge >= 0.3 is 0 Å². The standard InChI is InChI=1S/C14H22O/c1-6-7-12(15)13-11(3)10(2)8-9-14(13,4)5/h6-7,10,13H,3,8-9H2,1-2,4-5H3/t10-,13-/m1/s1. The number of carbonyl (C=O) groups is 1. The lowest BCUT2D eigenvalue weighted by Gasteiger charge is -2.41. The summed E-state index contributed by atoms with van der Waals surface area (Å²) in [6.45, 7) is 12.5. The Labute approximate surface area is 93.3 Å². The van der Waals surface area contributed by atoms with E-state index in [0.717, 1.165) is 18.4 Å². The highest BCUT2D eigenvalue weighted by Gasteiger charge is 2.40. The fourth-order valence-electron chi connectivity index (χ4n) is 2.53. The van der Waals surface area contributed by atoms with Gasteiger partial charge in [0.2, 0.25) is 0 Å². The van der Waals surface area contributed by atoms with Crippen molar-refractivity contribution in [3.05, 3.63) is 24.3 Å². The van der Waals surface area contributed by atoms with E-state index in [2.05, 4.69) is 27.4 Å². The quantitative estimate of drug-likeness (QED) is 0.496. The highest BCUT2D eigenvalue weighted by molar-refractivity contribution is 5.94. The minimum Gasteiger partial charge on any atom is -0.294 e. The molecule has 1 nitrogen and oxygen atoms in total. The lowest BCUT2D eigenvalue weighted by Crippen LogP contribution is -2.37. The van der Waals surface area contributed by atoms with E-state index in [1.807, 2.05) is 13.0 Å². The molecule has 0 bridgehead atoms. The fraction of sp³-hybridized carbons (Fsp3) is 0.643. The number of carbonyl (C=O) groups excluding carboxylic acids is 1. The van der Waals surface area contributed by atoms with Gasteiger partial charge in [-0.2, -0.15) is 0 Å². The van der Waals surface area contributed by atoms with Crippen molar-refractivity contribution in [1.82, 2.24) is 0 Å². The van der Waals surface area contributed by atoms with Crippen molar-refractivity contribution in [1.29, 1.82) is 0 Å². The molecule has 0 saturated heterocycles. The Morgan fingerprint density at radius 3 is 2.67 bits per heavy atom. The normalized spacial score (nSPS) is 30.8. The summed E-state index contributed by atoms with van der Waals surface area (Å²) in [5.41, 5.74) is 1.19. The molecule has 0 spiro atoms. The summed E-state index contributed by atoms with van der Waals surface area (Å²) in [4.78, 5) is 12.0. The second-order valence-corrected chi connectivity index (χ2v) is 5.34. The van der Waals surface area contributed by atoms with Crippen molar-refractivity contribution in [2.75, 3.05) is 0 Å². The van der Waals surface area contributed by atoms with E-state index in [1.54, 1.807) is 6.08 Å². The second-order valence-electron chi connectivity index (χ2n) is 5.34. The lowest BCUT2D eigenvalue weighted by molar-refractivity contribution is -0.121. The summed E-state index contributed by atoms with van der Waals surface area (Å²) in [6, 6.07) is 0. The molecule has 0 N–H and O–H groups in total. The molecule has 1 fully saturated rings. The van der Waals surface area contributed by atoms with Crippen LogP contribution in [0.2, 0.25) is 0 Å². The summed E-state index contributed by atoms with van der Waals surface area (Å²) in [5, 5.41) is 0. The Morgan fingerprint density at radius 2 is 2.13 bits per heavy atom. The topological polar surface area (TPSA) is 17.1 Å². The molecular weight excluding hydrogens is 184 g/mol. The van der Waals surface area contributed by atoms with Crippen molar-refractivity contribution in [3.8, 4) is 0 Å². The van der Waals surface area contributed by atoms with Crippen LogP contribution >= 0.6 is 0 Å². The summed E-state index contributed by atoms with van der Waals surface area (Å²) < 4.78 is 0. The highest BCUT2D eigenvalue weighted by Crippen LogP contribution is 2.46. The van der Waals surface area contributed by atoms with Crippen molar-refractivity contribution in [3.63, 3.8) is 0 Å². The van der Waals surface area contributed by atoms with Crippen molar-refractivity contribution in [2.24, 2.45) is 17.3 Å². The van der Waals surface area contributed by atoms with Crippen LogP contribution in [-0.2, 0) is 4.79 Å². The minimum absolute atomic E-state index is 0.0115. The maximum Gasteiger partial charge on any atom is 0.162 e. The van der Waals surface area contributed by atoms with Crippen molar-refractivity contribution >= 4 is 5.78 Å². The zero-order valence-electron chi connectivity index (χ0n) is 10.3. The fourth-order valence-corrected chi connectivity index (χ4v) is 2.53. The molecule has 2 atom stereocenters. The van der Waals surface area contributed by atoms with Gasteiger partial charge in [0, 0.05) is 5.92 Å². The Morgan fingerprint density at radius 1 is 1.53 bits per heavy atom. The van der Waals surface area contributed by atoms with E-state index in [1.165, 1.54) is 0 Å². The molecule has 0 aromatic rings. The molecule has 0 heterocycles. The maximum atomic E-state index is 12.0. The average molecular weight is 206 g/mol. The van der Waals surface area contributed by atoms with E-state index in [0.29, 0.717) is 5.92 Å². The van der Waals surface area contributed by atoms with E-state index in [-0.39, 0.29) is 17.1 Å². The molecule has 1 heteroatoms. The van der Waals surface area contributed by atoms with Crippen LogP contribution in [0.4, 0.5) is 0 Å². The van der Waals surface area contributed by atoms with Gasteiger partial charge in [-0.3, -0.25) is 4.79 Å². The van der Waals surface area contributed by atoms with E-state index >= 15 is 0 Å². The molecule has 1 rings (SSSR count). The molecular formula is C14H22O. The van der Waals surface area contributed by atoms with Gasteiger partial charge in [0.25, 0.3) is 0 Å². The molecule has 15 heavy (non-hydrogen) atoms.